The lowest BCUT2D eigenvalue weighted by Crippen LogP contribution is -2.43. The molecule has 26 heavy (non-hydrogen) atoms. The van der Waals surface area contributed by atoms with Crippen molar-refractivity contribution in [2.75, 3.05) is 6.79 Å². The first-order valence-electron chi connectivity index (χ1n) is 7.98. The van der Waals surface area contributed by atoms with Gasteiger partial charge in [-0.05, 0) is 41.0 Å². The highest BCUT2D eigenvalue weighted by Gasteiger charge is 2.26. The Balaban J connectivity index is 4.66. The van der Waals surface area contributed by atoms with Gasteiger partial charge in [-0.2, -0.15) is 4.79 Å². The zero-order valence-corrected chi connectivity index (χ0v) is 15.6. The smallest absolute Gasteiger partial charge is 0.410 e. The van der Waals surface area contributed by atoms with Crippen molar-refractivity contribution in [1.29, 1.82) is 0 Å². The number of esters is 2. The fourth-order valence-electron chi connectivity index (χ4n) is 1.52. The van der Waals surface area contributed by atoms with Gasteiger partial charge in [0.05, 0.1) is 11.5 Å². The predicted molar refractivity (Wildman–Crippen MR) is 89.0 cm³/mol. The first-order chi connectivity index (χ1) is 12.0. The Hall–Kier alpha value is -2.74. The number of ketones is 1. The summed E-state index contributed by atoms with van der Waals surface area (Å²) in [6.45, 7) is 7.55. The zero-order chi connectivity index (χ0) is 20.3. The van der Waals surface area contributed by atoms with Crippen molar-refractivity contribution in [3.63, 3.8) is 0 Å². The molecule has 0 saturated heterocycles. The van der Waals surface area contributed by atoms with Crippen LogP contribution in [0.15, 0.2) is 0 Å². The number of ether oxygens (including phenoxy) is 3. The summed E-state index contributed by atoms with van der Waals surface area (Å²) in [6.07, 6.45) is -1.00. The van der Waals surface area contributed by atoms with Crippen molar-refractivity contribution in [3.8, 4) is 0 Å². The van der Waals surface area contributed by atoms with Gasteiger partial charge in [-0.15, -0.1) is 0 Å². The van der Waals surface area contributed by atoms with Crippen LogP contribution in [0.1, 0.15) is 47.5 Å². The average molecular weight is 371 g/mol. The molecule has 0 radical (unpaired) electrons. The number of hydrogen-bond donors (Lipinski definition) is 1. The van der Waals surface area contributed by atoms with Gasteiger partial charge in [-0.3, -0.25) is 9.59 Å². The summed E-state index contributed by atoms with van der Waals surface area (Å²) < 4.78 is 14.5. The van der Waals surface area contributed by atoms with E-state index in [1.807, 2.05) is 0 Å². The lowest BCUT2D eigenvalue weighted by Gasteiger charge is -2.19. The Morgan fingerprint density at radius 3 is 2.27 bits per heavy atom. The van der Waals surface area contributed by atoms with E-state index >= 15 is 0 Å². The van der Waals surface area contributed by atoms with Gasteiger partial charge in [0.2, 0.25) is 12.6 Å². The number of alkyl carbamates (subject to hydrolysis) is 1. The molecular weight excluding hydrogens is 346 g/mol. The van der Waals surface area contributed by atoms with Crippen LogP contribution < -0.4 is 5.32 Å². The molecule has 0 aromatic heterocycles. The number of nitrogens with one attached hydrogen (secondary N) is 1. The third-order valence-corrected chi connectivity index (χ3v) is 2.80. The molecule has 0 bridgehead atoms. The molecule has 0 fully saturated rings. The Kier molecular flexibility index (Phi) is 9.83. The zero-order valence-electron chi connectivity index (χ0n) is 15.6. The number of hydrogen-bond acceptors (Lipinski definition) is 7. The highest BCUT2D eigenvalue weighted by molar-refractivity contribution is 6.25. The van der Waals surface area contributed by atoms with Gasteiger partial charge in [0.25, 0.3) is 0 Å². The summed E-state index contributed by atoms with van der Waals surface area (Å²) in [5.74, 6) is -1.85. The fourth-order valence-corrected chi connectivity index (χ4v) is 1.52. The molecule has 10 nitrogen and oxygen atoms in total. The Bertz CT molecular complexity index is 575. The van der Waals surface area contributed by atoms with E-state index in [0.717, 1.165) is 0 Å². The van der Waals surface area contributed by atoms with E-state index in [-0.39, 0.29) is 12.8 Å². The molecule has 0 spiro atoms. The van der Waals surface area contributed by atoms with E-state index in [9.17, 15) is 19.2 Å². The van der Waals surface area contributed by atoms with Gasteiger partial charge in [-0.1, -0.05) is 0 Å². The Morgan fingerprint density at radius 2 is 1.77 bits per heavy atom. The van der Waals surface area contributed by atoms with E-state index in [1.54, 1.807) is 34.6 Å². The summed E-state index contributed by atoms with van der Waals surface area (Å²) in [4.78, 5) is 49.3. The van der Waals surface area contributed by atoms with Gasteiger partial charge in [0.1, 0.15) is 6.04 Å². The van der Waals surface area contributed by atoms with Crippen LogP contribution in [0.3, 0.4) is 0 Å². The van der Waals surface area contributed by atoms with Crippen molar-refractivity contribution in [3.05, 3.63) is 5.53 Å². The molecule has 0 aliphatic heterocycles. The number of carbonyl (C=O) groups excluding carboxylic acids is 4. The van der Waals surface area contributed by atoms with Crippen molar-refractivity contribution < 1.29 is 38.2 Å². The molecule has 0 saturated carbocycles. The first kappa shape index (κ1) is 23.3. The summed E-state index contributed by atoms with van der Waals surface area (Å²) >= 11 is 0. The molecule has 0 aliphatic rings. The minimum Gasteiger partial charge on any atom is -0.461 e. The topological polar surface area (TPSA) is 144 Å². The van der Waals surface area contributed by atoms with E-state index in [0.29, 0.717) is 6.21 Å². The lowest BCUT2D eigenvalue weighted by atomic mass is 9.98. The molecule has 1 amide bonds. The summed E-state index contributed by atoms with van der Waals surface area (Å²) in [5.41, 5.74) is 7.55. The normalized spacial score (nSPS) is 11.8. The highest BCUT2D eigenvalue weighted by atomic mass is 16.7. The minimum absolute atomic E-state index is 0.0900. The summed E-state index contributed by atoms with van der Waals surface area (Å²) in [5, 5.41) is 2.25. The molecule has 1 N–H and O–H groups in total. The molecule has 0 unspecified atom stereocenters. The maximum Gasteiger partial charge on any atom is 0.410 e. The number of amides is 1. The van der Waals surface area contributed by atoms with Crippen LogP contribution in [-0.2, 0) is 28.6 Å². The van der Waals surface area contributed by atoms with Crippen LogP contribution in [0, 0.1) is 5.41 Å². The Morgan fingerprint density at radius 1 is 1.15 bits per heavy atom. The van der Waals surface area contributed by atoms with Crippen LogP contribution in [0.25, 0.3) is 5.53 Å². The molecule has 0 heterocycles. The van der Waals surface area contributed by atoms with Gasteiger partial charge in [-0.25, -0.2) is 9.59 Å². The van der Waals surface area contributed by atoms with Crippen LogP contribution in [0.4, 0.5) is 4.79 Å². The first-order valence-corrected chi connectivity index (χ1v) is 7.98. The minimum atomic E-state index is -1.15. The maximum atomic E-state index is 12.0. The molecular formula is C16H25N3O7. The number of nitrogens with zero attached hydrogens (tertiary/aromatic N) is 2. The third kappa shape index (κ3) is 10.2. The van der Waals surface area contributed by atoms with Crippen LogP contribution in [-0.4, -0.2) is 53.8 Å². The predicted octanol–water partition coefficient (Wildman–Crippen LogP) is 1.23. The standard InChI is InChI=1S/C16H25N3O7/c1-10(2)26-13(21)12(7-6-11(20)8-18-17)19-15(23)25-9-24-14(22)16(3,4)5/h8,10,12H,6-7,9H2,1-5H3,(H,19,23)/t12-/m0/s1. The highest BCUT2D eigenvalue weighted by Crippen LogP contribution is 2.14. The van der Waals surface area contributed by atoms with Crippen molar-refractivity contribution in [1.82, 2.24) is 5.32 Å². The second kappa shape index (κ2) is 11.0. The molecule has 146 valence electrons. The number of carbonyl (C=O) groups is 4. The quantitative estimate of drug-likeness (QED) is 0.211. The average Bonchev–Trinajstić information content (AvgIpc) is 2.49. The monoisotopic (exact) mass is 371 g/mol. The van der Waals surface area contributed by atoms with Crippen molar-refractivity contribution >= 4 is 30.0 Å². The van der Waals surface area contributed by atoms with Crippen LogP contribution in [0.5, 0.6) is 0 Å². The molecule has 0 aromatic carbocycles. The molecule has 10 heteroatoms. The van der Waals surface area contributed by atoms with Gasteiger partial charge >= 0.3 is 24.2 Å². The molecule has 0 aliphatic carbocycles. The van der Waals surface area contributed by atoms with Crippen LogP contribution in [0.2, 0.25) is 0 Å². The second-order valence-corrected chi connectivity index (χ2v) is 6.66. The van der Waals surface area contributed by atoms with E-state index in [4.69, 9.17) is 19.7 Å². The largest absolute Gasteiger partial charge is 0.461 e. The van der Waals surface area contributed by atoms with Crippen molar-refractivity contribution in [2.24, 2.45) is 5.41 Å². The molecule has 1 atom stereocenters. The van der Waals surface area contributed by atoms with Gasteiger partial charge < -0.3 is 25.1 Å². The SMILES string of the molecule is CC(C)OC(=O)[C@H](CCC(=O)C=[N+]=[N-])NC(=O)OCOC(=O)C(C)(C)C. The van der Waals surface area contributed by atoms with Gasteiger partial charge in [0.15, 0.2) is 0 Å². The number of rotatable bonds is 9. The summed E-state index contributed by atoms with van der Waals surface area (Å²) in [7, 11) is 0. The van der Waals surface area contributed by atoms with Crippen molar-refractivity contribution in [2.45, 2.75) is 59.6 Å². The van der Waals surface area contributed by atoms with Crippen LogP contribution >= 0.6 is 0 Å². The van der Waals surface area contributed by atoms with E-state index in [2.05, 4.69) is 10.1 Å². The molecule has 0 rings (SSSR count). The van der Waals surface area contributed by atoms with E-state index in [1.165, 1.54) is 0 Å². The summed E-state index contributed by atoms with van der Waals surface area (Å²) in [6, 6.07) is -1.15. The molecule has 0 aromatic rings. The Labute approximate surface area is 151 Å². The second-order valence-electron chi connectivity index (χ2n) is 6.66. The number of Topliss-reactive ketones (excluding diaryl/α,β-unsaturated/α-hetero) is 1. The fraction of sp³-hybridized carbons (Fsp3) is 0.688. The lowest BCUT2D eigenvalue weighted by molar-refractivity contribution is -0.161. The van der Waals surface area contributed by atoms with E-state index < -0.39 is 48.2 Å². The van der Waals surface area contributed by atoms with Gasteiger partial charge in [0, 0.05) is 6.42 Å². The maximum absolute atomic E-state index is 12.0. The third-order valence-electron chi connectivity index (χ3n) is 2.80.